The highest BCUT2D eigenvalue weighted by Gasteiger charge is 2.33. The van der Waals surface area contributed by atoms with Crippen LogP contribution in [-0.2, 0) is 6.18 Å². The fraction of sp³-hybridized carbons (Fsp3) is 0.500. The van der Waals surface area contributed by atoms with Crippen LogP contribution in [0.5, 0.6) is 0 Å². The summed E-state index contributed by atoms with van der Waals surface area (Å²) < 4.78 is 37.8. The zero-order chi connectivity index (χ0) is 14.6. The van der Waals surface area contributed by atoms with Gasteiger partial charge < -0.3 is 11.1 Å². The molecule has 1 unspecified atom stereocenters. The molecule has 1 heterocycles. The van der Waals surface area contributed by atoms with Gasteiger partial charge in [0.2, 0.25) is 0 Å². The van der Waals surface area contributed by atoms with E-state index in [4.69, 9.17) is 18.0 Å². The van der Waals surface area contributed by atoms with Gasteiger partial charge in [-0.25, -0.2) is 4.98 Å². The number of nitrogens with zero attached hydrogens (tertiary/aromatic N) is 1. The molecule has 1 aromatic rings. The normalized spacial score (nSPS) is 13.1. The molecule has 1 aromatic heterocycles. The van der Waals surface area contributed by atoms with E-state index in [9.17, 15) is 13.2 Å². The van der Waals surface area contributed by atoms with Crippen LogP contribution in [0.4, 0.5) is 19.0 Å². The molecule has 0 saturated heterocycles. The lowest BCUT2D eigenvalue weighted by atomic mass is 10.1. The summed E-state index contributed by atoms with van der Waals surface area (Å²) in [6, 6.07) is 2.13. The van der Waals surface area contributed by atoms with Gasteiger partial charge >= 0.3 is 6.18 Å². The number of anilines is 1. The predicted molar refractivity (Wildman–Crippen MR) is 73.1 cm³/mol. The minimum absolute atomic E-state index is 0.0212. The summed E-state index contributed by atoms with van der Waals surface area (Å²) in [5, 5.41) is 2.88. The van der Waals surface area contributed by atoms with Gasteiger partial charge in [-0.1, -0.05) is 32.5 Å². The molecule has 3 N–H and O–H groups in total. The van der Waals surface area contributed by atoms with E-state index in [1.165, 1.54) is 6.07 Å². The molecule has 0 amide bonds. The minimum atomic E-state index is -4.48. The van der Waals surface area contributed by atoms with Crippen molar-refractivity contribution in [2.45, 2.75) is 26.4 Å². The molecule has 19 heavy (non-hydrogen) atoms. The number of thiocarbonyl (C=S) groups is 1. The third-order valence-electron chi connectivity index (χ3n) is 2.77. The van der Waals surface area contributed by atoms with Gasteiger partial charge in [0.1, 0.15) is 16.5 Å². The average Bonchev–Trinajstić information content (AvgIpc) is 2.34. The van der Waals surface area contributed by atoms with Crippen LogP contribution < -0.4 is 11.1 Å². The van der Waals surface area contributed by atoms with E-state index < -0.39 is 11.9 Å². The van der Waals surface area contributed by atoms with Gasteiger partial charge in [0, 0.05) is 6.54 Å². The van der Waals surface area contributed by atoms with Gasteiger partial charge in [-0.05, 0) is 18.1 Å². The van der Waals surface area contributed by atoms with E-state index in [2.05, 4.69) is 10.3 Å². The summed E-state index contributed by atoms with van der Waals surface area (Å²) in [6.45, 7) is 4.50. The van der Waals surface area contributed by atoms with Gasteiger partial charge in [-0.15, -0.1) is 0 Å². The van der Waals surface area contributed by atoms with Gasteiger partial charge in [-0.3, -0.25) is 0 Å². The molecule has 0 aliphatic carbocycles. The van der Waals surface area contributed by atoms with E-state index in [1.54, 1.807) is 0 Å². The maximum absolute atomic E-state index is 12.6. The van der Waals surface area contributed by atoms with Crippen LogP contribution in [0, 0.1) is 5.92 Å². The maximum atomic E-state index is 12.6. The fourth-order valence-corrected chi connectivity index (χ4v) is 1.53. The van der Waals surface area contributed by atoms with Crippen LogP contribution in [0.15, 0.2) is 12.1 Å². The monoisotopic (exact) mass is 291 g/mol. The smallest absolute Gasteiger partial charge is 0.389 e. The molecule has 1 atom stereocenters. The van der Waals surface area contributed by atoms with Crippen molar-refractivity contribution in [1.29, 1.82) is 0 Å². The second-order valence-electron chi connectivity index (χ2n) is 4.35. The zero-order valence-corrected chi connectivity index (χ0v) is 11.5. The average molecular weight is 291 g/mol. The number of hydrogen-bond donors (Lipinski definition) is 2. The number of hydrogen-bond acceptors (Lipinski definition) is 3. The van der Waals surface area contributed by atoms with Crippen molar-refractivity contribution in [3.05, 3.63) is 23.4 Å². The molecule has 106 valence electrons. The van der Waals surface area contributed by atoms with Crippen molar-refractivity contribution < 1.29 is 13.2 Å². The molecular formula is C12H16F3N3S. The molecular weight excluding hydrogens is 275 g/mol. The first-order valence-electron chi connectivity index (χ1n) is 5.87. The third-order valence-corrected chi connectivity index (χ3v) is 2.99. The zero-order valence-electron chi connectivity index (χ0n) is 10.7. The molecule has 3 nitrogen and oxygen atoms in total. The van der Waals surface area contributed by atoms with Crippen molar-refractivity contribution in [3.63, 3.8) is 0 Å². The molecule has 1 rings (SSSR count). The van der Waals surface area contributed by atoms with Crippen molar-refractivity contribution in [1.82, 2.24) is 4.98 Å². The van der Waals surface area contributed by atoms with Gasteiger partial charge in [0.05, 0.1) is 5.56 Å². The summed E-state index contributed by atoms with van der Waals surface area (Å²) >= 11 is 4.81. The van der Waals surface area contributed by atoms with E-state index in [-0.39, 0.29) is 10.8 Å². The van der Waals surface area contributed by atoms with Crippen LogP contribution in [0.25, 0.3) is 0 Å². The Balaban J connectivity index is 3.06. The molecule has 0 bridgehead atoms. The van der Waals surface area contributed by atoms with Crippen LogP contribution in [-0.4, -0.2) is 16.5 Å². The van der Waals surface area contributed by atoms with Crippen LogP contribution >= 0.6 is 12.2 Å². The van der Waals surface area contributed by atoms with E-state index >= 15 is 0 Å². The Morgan fingerprint density at radius 2 is 2.11 bits per heavy atom. The Morgan fingerprint density at radius 3 is 2.58 bits per heavy atom. The molecule has 0 aliphatic heterocycles. The van der Waals surface area contributed by atoms with Crippen molar-refractivity contribution in [2.75, 3.05) is 11.9 Å². The summed E-state index contributed by atoms with van der Waals surface area (Å²) in [5.41, 5.74) is 4.85. The number of pyridine rings is 1. The largest absolute Gasteiger partial charge is 0.433 e. The lowest BCUT2D eigenvalue weighted by molar-refractivity contribution is -0.141. The van der Waals surface area contributed by atoms with Crippen LogP contribution in [0.2, 0.25) is 0 Å². The third kappa shape index (κ3) is 4.34. The Bertz CT molecular complexity index is 460. The molecule has 0 spiro atoms. The highest BCUT2D eigenvalue weighted by Crippen LogP contribution is 2.29. The summed E-state index contributed by atoms with van der Waals surface area (Å²) in [6.07, 6.45) is -3.57. The number of halogens is 3. The summed E-state index contributed by atoms with van der Waals surface area (Å²) in [7, 11) is 0. The van der Waals surface area contributed by atoms with Crippen molar-refractivity contribution in [3.8, 4) is 0 Å². The second-order valence-corrected chi connectivity index (χ2v) is 4.79. The van der Waals surface area contributed by atoms with E-state index in [1.807, 2.05) is 13.8 Å². The van der Waals surface area contributed by atoms with Crippen molar-refractivity contribution in [2.24, 2.45) is 11.7 Å². The maximum Gasteiger partial charge on any atom is 0.433 e. The highest BCUT2D eigenvalue weighted by atomic mass is 32.1. The second kappa shape index (κ2) is 6.18. The molecule has 0 fully saturated rings. The van der Waals surface area contributed by atoms with Crippen LogP contribution in [0.1, 0.15) is 31.5 Å². The lowest BCUT2D eigenvalue weighted by Gasteiger charge is -2.15. The lowest BCUT2D eigenvalue weighted by Crippen LogP contribution is -2.19. The molecule has 0 aromatic carbocycles. The summed E-state index contributed by atoms with van der Waals surface area (Å²) in [4.78, 5) is 3.59. The molecule has 0 aliphatic rings. The molecule has 0 radical (unpaired) electrons. The number of nitrogens with one attached hydrogen (secondary N) is 1. The Morgan fingerprint density at radius 1 is 1.47 bits per heavy atom. The Labute approximate surface area is 115 Å². The van der Waals surface area contributed by atoms with Gasteiger partial charge in [-0.2, -0.15) is 13.2 Å². The predicted octanol–water partition coefficient (Wildman–Crippen LogP) is 3.19. The summed E-state index contributed by atoms with van der Waals surface area (Å²) in [5.74, 6) is 0.401. The number of nitrogens with two attached hydrogens (primary N) is 1. The van der Waals surface area contributed by atoms with Crippen LogP contribution in [0.3, 0.4) is 0 Å². The highest BCUT2D eigenvalue weighted by molar-refractivity contribution is 7.80. The first-order valence-corrected chi connectivity index (χ1v) is 6.28. The Hall–Kier alpha value is -1.37. The fourth-order valence-electron chi connectivity index (χ4n) is 1.37. The topological polar surface area (TPSA) is 50.9 Å². The first kappa shape index (κ1) is 15.7. The standard InChI is InChI=1S/C12H16F3N3S/c1-3-7(2)6-17-11-8(10(16)19)4-5-9(18-11)12(13,14)15/h4-5,7H,3,6H2,1-2H3,(H2,16,19)(H,17,18). The van der Waals surface area contributed by atoms with Crippen molar-refractivity contribution >= 4 is 23.0 Å². The van der Waals surface area contributed by atoms with Gasteiger partial charge in [0.15, 0.2) is 0 Å². The number of aromatic nitrogens is 1. The van der Waals surface area contributed by atoms with E-state index in [0.29, 0.717) is 18.0 Å². The molecule has 7 heteroatoms. The van der Waals surface area contributed by atoms with E-state index in [0.717, 1.165) is 12.5 Å². The molecule has 0 saturated carbocycles. The SMILES string of the molecule is CCC(C)CNc1nc(C(F)(F)F)ccc1C(N)=S. The van der Waals surface area contributed by atoms with Gasteiger partial charge in [0.25, 0.3) is 0 Å². The number of rotatable bonds is 5. The minimum Gasteiger partial charge on any atom is -0.389 e. The Kier molecular flexibility index (Phi) is 5.11. The number of alkyl halides is 3. The first-order chi connectivity index (χ1) is 8.75. The quantitative estimate of drug-likeness (QED) is 0.818.